The highest BCUT2D eigenvalue weighted by Gasteiger charge is 2.11. The number of Topliss-reactive ketones (excluding diaryl/α,β-unsaturated/α-hetero) is 1. The van der Waals surface area contributed by atoms with Gasteiger partial charge < -0.3 is 0 Å². The molecule has 0 N–H and O–H groups in total. The van der Waals surface area contributed by atoms with Gasteiger partial charge in [0.2, 0.25) is 0 Å². The largest absolute Gasteiger partial charge is 0.294 e. The van der Waals surface area contributed by atoms with E-state index in [4.69, 9.17) is 12.2 Å². The lowest BCUT2D eigenvalue weighted by atomic mass is 10.1. The highest BCUT2D eigenvalue weighted by atomic mass is 32.2. The van der Waals surface area contributed by atoms with Gasteiger partial charge in [0.25, 0.3) is 0 Å². The molecule has 0 saturated carbocycles. The van der Waals surface area contributed by atoms with Crippen molar-refractivity contribution < 1.29 is 4.79 Å². The first-order valence-corrected chi connectivity index (χ1v) is 6.89. The van der Waals surface area contributed by atoms with E-state index in [2.05, 4.69) is 18.2 Å². The zero-order valence-electron chi connectivity index (χ0n) is 10.2. The van der Waals surface area contributed by atoms with Gasteiger partial charge in [0.15, 0.2) is 5.78 Å². The molecule has 0 heterocycles. The van der Waals surface area contributed by atoms with Crippen LogP contribution in [0, 0.1) is 0 Å². The van der Waals surface area contributed by atoms with E-state index in [-0.39, 0.29) is 5.78 Å². The van der Waals surface area contributed by atoms with Crippen LogP contribution < -0.4 is 0 Å². The summed E-state index contributed by atoms with van der Waals surface area (Å²) in [6.45, 7) is 6.03. The number of ketones is 1. The summed E-state index contributed by atoms with van der Waals surface area (Å²) in [6.07, 6.45) is 0.334. The molecule has 92 valence electrons. The van der Waals surface area contributed by atoms with E-state index >= 15 is 0 Å². The van der Waals surface area contributed by atoms with Crippen LogP contribution in [0.2, 0.25) is 0 Å². The van der Waals surface area contributed by atoms with Gasteiger partial charge in [-0.05, 0) is 11.9 Å². The summed E-state index contributed by atoms with van der Waals surface area (Å²) in [5.41, 5.74) is 0.731. The SMILES string of the molecule is CCN(CC)SC(=S)CC(=O)c1ccccc1. The third-order valence-corrected chi connectivity index (χ3v) is 3.83. The molecular formula is C13H17NOS2. The van der Waals surface area contributed by atoms with Crippen molar-refractivity contribution in [3.05, 3.63) is 35.9 Å². The van der Waals surface area contributed by atoms with Crippen molar-refractivity contribution >= 4 is 34.1 Å². The quantitative estimate of drug-likeness (QED) is 0.446. The van der Waals surface area contributed by atoms with Crippen molar-refractivity contribution in [2.24, 2.45) is 0 Å². The molecule has 2 nitrogen and oxygen atoms in total. The number of benzene rings is 1. The number of rotatable bonds is 6. The number of hydrogen-bond acceptors (Lipinski definition) is 4. The minimum Gasteiger partial charge on any atom is -0.294 e. The van der Waals surface area contributed by atoms with Gasteiger partial charge >= 0.3 is 0 Å². The predicted octanol–water partition coefficient (Wildman–Crippen LogP) is 3.58. The fraction of sp³-hybridized carbons (Fsp3) is 0.385. The minimum atomic E-state index is 0.0928. The molecule has 0 aliphatic heterocycles. The lowest BCUT2D eigenvalue weighted by Gasteiger charge is -2.16. The van der Waals surface area contributed by atoms with E-state index in [0.717, 1.165) is 22.8 Å². The Hall–Kier alpha value is -0.710. The van der Waals surface area contributed by atoms with E-state index < -0.39 is 0 Å². The number of thiocarbonyl (C=S) groups is 1. The first-order chi connectivity index (χ1) is 8.17. The molecule has 0 bridgehead atoms. The monoisotopic (exact) mass is 267 g/mol. The summed E-state index contributed by atoms with van der Waals surface area (Å²) in [6, 6.07) is 9.29. The molecule has 0 atom stereocenters. The topological polar surface area (TPSA) is 20.3 Å². The van der Waals surface area contributed by atoms with Gasteiger partial charge in [0.1, 0.15) is 0 Å². The van der Waals surface area contributed by atoms with Crippen LogP contribution in [0.15, 0.2) is 30.3 Å². The molecule has 0 aliphatic carbocycles. The molecule has 0 spiro atoms. The highest BCUT2D eigenvalue weighted by molar-refractivity contribution is 8.21. The summed E-state index contributed by atoms with van der Waals surface area (Å²) >= 11 is 6.75. The first-order valence-electron chi connectivity index (χ1n) is 5.71. The summed E-state index contributed by atoms with van der Waals surface area (Å²) in [4.78, 5) is 11.9. The van der Waals surface area contributed by atoms with Gasteiger partial charge in [-0.2, -0.15) is 0 Å². The molecule has 17 heavy (non-hydrogen) atoms. The van der Waals surface area contributed by atoms with Crippen LogP contribution in [0.25, 0.3) is 0 Å². The second-order valence-electron chi connectivity index (χ2n) is 3.54. The Bertz CT molecular complexity index is 374. The van der Waals surface area contributed by atoms with E-state index in [1.165, 1.54) is 11.9 Å². The second-order valence-corrected chi connectivity index (χ2v) is 5.49. The number of carbonyl (C=O) groups is 1. The summed E-state index contributed by atoms with van der Waals surface area (Å²) in [7, 11) is 0. The van der Waals surface area contributed by atoms with Gasteiger partial charge in [-0.25, -0.2) is 4.31 Å². The second kappa shape index (κ2) is 7.58. The van der Waals surface area contributed by atoms with Crippen molar-refractivity contribution in [1.82, 2.24) is 4.31 Å². The smallest absolute Gasteiger partial charge is 0.168 e. The lowest BCUT2D eigenvalue weighted by Crippen LogP contribution is -2.17. The van der Waals surface area contributed by atoms with Crippen LogP contribution in [-0.4, -0.2) is 27.4 Å². The Labute approximate surface area is 113 Å². The van der Waals surface area contributed by atoms with Crippen molar-refractivity contribution in [2.45, 2.75) is 20.3 Å². The van der Waals surface area contributed by atoms with Crippen molar-refractivity contribution in [3.63, 3.8) is 0 Å². The maximum Gasteiger partial charge on any atom is 0.168 e. The number of hydrogen-bond donors (Lipinski definition) is 0. The minimum absolute atomic E-state index is 0.0928. The summed E-state index contributed by atoms with van der Waals surface area (Å²) < 4.78 is 2.88. The van der Waals surface area contributed by atoms with E-state index in [1.807, 2.05) is 30.3 Å². The maximum absolute atomic E-state index is 11.9. The van der Waals surface area contributed by atoms with Gasteiger partial charge in [0, 0.05) is 18.7 Å². The average molecular weight is 267 g/mol. The molecular weight excluding hydrogens is 250 g/mol. The molecule has 0 radical (unpaired) electrons. The van der Waals surface area contributed by atoms with E-state index in [9.17, 15) is 4.79 Å². The first kappa shape index (κ1) is 14.4. The molecule has 1 aromatic carbocycles. The van der Waals surface area contributed by atoms with E-state index in [1.54, 1.807) is 0 Å². The standard InChI is InChI=1S/C13H17NOS2/c1-3-14(4-2)17-13(16)10-12(15)11-8-6-5-7-9-11/h5-9H,3-4,10H2,1-2H3. The third-order valence-electron chi connectivity index (χ3n) is 2.34. The van der Waals surface area contributed by atoms with Crippen molar-refractivity contribution in [3.8, 4) is 0 Å². The Kier molecular flexibility index (Phi) is 6.40. The van der Waals surface area contributed by atoms with Gasteiger partial charge in [-0.15, -0.1) is 0 Å². The van der Waals surface area contributed by atoms with E-state index in [0.29, 0.717) is 6.42 Å². The fourth-order valence-electron chi connectivity index (χ4n) is 1.39. The van der Waals surface area contributed by atoms with Crippen LogP contribution in [0.1, 0.15) is 30.6 Å². The van der Waals surface area contributed by atoms with Gasteiger partial charge in [-0.3, -0.25) is 4.79 Å². The molecule has 1 aromatic rings. The maximum atomic E-state index is 11.9. The Morgan fingerprint density at radius 2 is 1.82 bits per heavy atom. The predicted molar refractivity (Wildman–Crippen MR) is 78.5 cm³/mol. The van der Waals surface area contributed by atoms with Gasteiger partial charge in [-0.1, -0.05) is 56.4 Å². The van der Waals surface area contributed by atoms with Crippen LogP contribution in [0.3, 0.4) is 0 Å². The zero-order valence-corrected chi connectivity index (χ0v) is 11.8. The molecule has 0 amide bonds. The number of nitrogens with zero attached hydrogens (tertiary/aromatic N) is 1. The van der Waals surface area contributed by atoms with Crippen LogP contribution in [-0.2, 0) is 0 Å². The molecule has 0 unspecified atom stereocenters. The van der Waals surface area contributed by atoms with Crippen LogP contribution in [0.5, 0.6) is 0 Å². The Balaban J connectivity index is 2.49. The highest BCUT2D eigenvalue weighted by Crippen LogP contribution is 2.16. The van der Waals surface area contributed by atoms with Gasteiger partial charge in [0.05, 0.1) is 10.6 Å². The summed E-state index contributed by atoms with van der Waals surface area (Å²) in [5, 5.41) is 0. The summed E-state index contributed by atoms with van der Waals surface area (Å²) in [5.74, 6) is 0.0928. The average Bonchev–Trinajstić information content (AvgIpc) is 2.37. The number of carbonyl (C=O) groups excluding carboxylic acids is 1. The fourth-order valence-corrected chi connectivity index (χ4v) is 2.58. The molecule has 0 aliphatic rings. The van der Waals surface area contributed by atoms with Crippen molar-refractivity contribution in [1.29, 1.82) is 0 Å². The molecule has 0 fully saturated rings. The van der Waals surface area contributed by atoms with Crippen molar-refractivity contribution in [2.75, 3.05) is 13.1 Å². The molecule has 4 heteroatoms. The van der Waals surface area contributed by atoms with Crippen LogP contribution >= 0.6 is 24.2 Å². The third kappa shape index (κ3) is 4.98. The lowest BCUT2D eigenvalue weighted by molar-refractivity contribution is 0.100. The Morgan fingerprint density at radius 3 is 2.35 bits per heavy atom. The van der Waals surface area contributed by atoms with Crippen LogP contribution in [0.4, 0.5) is 0 Å². The Morgan fingerprint density at radius 1 is 1.24 bits per heavy atom. The normalized spacial score (nSPS) is 10.5. The molecule has 0 saturated heterocycles. The molecule has 0 aromatic heterocycles. The zero-order chi connectivity index (χ0) is 12.7. The molecule has 1 rings (SSSR count).